The molecule has 1 aliphatic heterocycles. The second-order valence-electron chi connectivity index (χ2n) is 12.4. The third-order valence-electron chi connectivity index (χ3n) is 9.35. The van der Waals surface area contributed by atoms with E-state index < -0.39 is 28.2 Å². The fourth-order valence-corrected chi connectivity index (χ4v) is 8.03. The highest BCUT2D eigenvalue weighted by Gasteiger charge is 2.48. The number of ether oxygens (including phenoxy) is 4. The van der Waals surface area contributed by atoms with Gasteiger partial charge in [0.2, 0.25) is 10.0 Å². The van der Waals surface area contributed by atoms with Gasteiger partial charge in [-0.05, 0) is 67.3 Å². The van der Waals surface area contributed by atoms with Crippen molar-refractivity contribution < 1.29 is 32.2 Å². The van der Waals surface area contributed by atoms with E-state index in [0.29, 0.717) is 18.1 Å². The molecule has 5 rings (SSSR count). The lowest BCUT2D eigenvalue weighted by Gasteiger charge is -2.38. The van der Waals surface area contributed by atoms with E-state index in [1.165, 1.54) is 16.1 Å². The van der Waals surface area contributed by atoms with Crippen LogP contribution in [-0.2, 0) is 37.4 Å². The number of likely N-dealkylation sites (tertiary alicyclic amines) is 1. The molecule has 9 nitrogen and oxygen atoms in total. The minimum atomic E-state index is -3.68. The number of methoxy groups -OCH3 is 2. The van der Waals surface area contributed by atoms with Gasteiger partial charge in [0.05, 0.1) is 38.2 Å². The molecule has 0 N–H and O–H groups in total. The van der Waals surface area contributed by atoms with Crippen molar-refractivity contribution in [3.8, 4) is 5.75 Å². The molecule has 0 aromatic heterocycles. The van der Waals surface area contributed by atoms with Gasteiger partial charge in [0.1, 0.15) is 12.4 Å². The van der Waals surface area contributed by atoms with Crippen LogP contribution in [0.1, 0.15) is 55.2 Å². The van der Waals surface area contributed by atoms with E-state index in [4.69, 9.17) is 18.9 Å². The lowest BCUT2D eigenvalue weighted by atomic mass is 9.81. The summed E-state index contributed by atoms with van der Waals surface area (Å²) in [5.41, 5.74) is 2.99. The predicted octanol–water partition coefficient (Wildman–Crippen LogP) is 5.99. The number of rotatable bonds is 12. The van der Waals surface area contributed by atoms with Gasteiger partial charge < -0.3 is 18.9 Å². The van der Waals surface area contributed by atoms with E-state index in [1.807, 2.05) is 67.6 Å². The Morgan fingerprint density at radius 3 is 2.17 bits per heavy atom. The number of amides is 1. The molecular weight excluding hydrogens is 604 g/mol. The lowest BCUT2D eigenvalue weighted by molar-refractivity contribution is -0.0933. The average Bonchev–Trinajstić information content (AvgIpc) is 3.40. The lowest BCUT2D eigenvalue weighted by Crippen LogP contribution is -2.52. The number of nitrogens with zero attached hydrogens (tertiary/aromatic N) is 2. The van der Waals surface area contributed by atoms with Gasteiger partial charge in [-0.1, -0.05) is 72.8 Å². The standard InChI is InChI=1S/C36H46N2O7S/c1-26-21-32(37(46(4,40)41)23-27-15-18-31(42-2)19-16-27)33(38(26)36(39)45-24-28-11-7-5-8-12-28)25-44-34-20-17-30(22-35(34)43-3)29-13-9-6-10-14-29/h5-16,18-19,26,30,32-35H,17,20-25H2,1-4H3/t26-,30?,32+,33+,34?,35?/m1/s1. The van der Waals surface area contributed by atoms with Crippen molar-refractivity contribution in [2.75, 3.05) is 27.1 Å². The zero-order valence-electron chi connectivity index (χ0n) is 27.2. The summed E-state index contributed by atoms with van der Waals surface area (Å²) < 4.78 is 51.9. The van der Waals surface area contributed by atoms with Gasteiger partial charge in [0.25, 0.3) is 0 Å². The molecule has 3 unspecified atom stereocenters. The highest BCUT2D eigenvalue weighted by Crippen LogP contribution is 2.37. The number of sulfonamides is 1. The second kappa shape index (κ2) is 15.4. The van der Waals surface area contributed by atoms with Gasteiger partial charge in [-0.25, -0.2) is 13.2 Å². The van der Waals surface area contributed by atoms with E-state index in [1.54, 1.807) is 19.1 Å². The monoisotopic (exact) mass is 650 g/mol. The number of carbonyl (C=O) groups is 1. The molecule has 3 aromatic carbocycles. The van der Waals surface area contributed by atoms with Gasteiger partial charge >= 0.3 is 6.09 Å². The average molecular weight is 651 g/mol. The number of benzene rings is 3. The van der Waals surface area contributed by atoms with Crippen LogP contribution in [0.4, 0.5) is 4.79 Å². The van der Waals surface area contributed by atoms with Crippen LogP contribution in [0.15, 0.2) is 84.9 Å². The Kier molecular flexibility index (Phi) is 11.4. The minimum Gasteiger partial charge on any atom is -0.497 e. The van der Waals surface area contributed by atoms with E-state index >= 15 is 0 Å². The summed E-state index contributed by atoms with van der Waals surface area (Å²) in [6.45, 7) is 2.38. The molecule has 1 heterocycles. The third-order valence-corrected chi connectivity index (χ3v) is 10.6. The molecule has 10 heteroatoms. The molecular formula is C36H46N2O7S. The van der Waals surface area contributed by atoms with Crippen molar-refractivity contribution in [1.29, 1.82) is 0 Å². The largest absolute Gasteiger partial charge is 0.497 e. The Bertz CT molecular complexity index is 1500. The summed E-state index contributed by atoms with van der Waals surface area (Å²) in [4.78, 5) is 15.4. The molecule has 1 aliphatic carbocycles. The smallest absolute Gasteiger partial charge is 0.410 e. The molecule has 1 amide bonds. The summed E-state index contributed by atoms with van der Waals surface area (Å²) in [5.74, 6) is 1.07. The molecule has 0 radical (unpaired) electrons. The van der Waals surface area contributed by atoms with Crippen LogP contribution in [0.2, 0.25) is 0 Å². The van der Waals surface area contributed by atoms with Crippen LogP contribution in [0, 0.1) is 0 Å². The van der Waals surface area contributed by atoms with Gasteiger partial charge in [-0.15, -0.1) is 0 Å². The molecule has 3 aromatic rings. The van der Waals surface area contributed by atoms with E-state index in [-0.39, 0.29) is 38.0 Å². The van der Waals surface area contributed by atoms with Crippen LogP contribution < -0.4 is 4.74 Å². The molecule has 248 valence electrons. The van der Waals surface area contributed by atoms with Crippen molar-refractivity contribution in [2.45, 2.75) is 82.0 Å². The summed E-state index contributed by atoms with van der Waals surface area (Å²) in [6, 6.07) is 26.0. The van der Waals surface area contributed by atoms with Gasteiger partial charge in [-0.2, -0.15) is 4.31 Å². The molecule has 2 aliphatic rings. The van der Waals surface area contributed by atoms with Crippen LogP contribution in [0.5, 0.6) is 5.75 Å². The van der Waals surface area contributed by atoms with Crippen LogP contribution in [-0.4, -0.2) is 81.1 Å². The third kappa shape index (κ3) is 8.28. The second-order valence-corrected chi connectivity index (χ2v) is 14.3. The Morgan fingerprint density at radius 2 is 1.54 bits per heavy atom. The van der Waals surface area contributed by atoms with E-state index in [9.17, 15) is 13.2 Å². The fraction of sp³-hybridized carbons (Fsp3) is 0.472. The number of hydrogen-bond acceptors (Lipinski definition) is 7. The first kappa shape index (κ1) is 33.9. The quantitative estimate of drug-likeness (QED) is 0.238. The van der Waals surface area contributed by atoms with Crippen LogP contribution >= 0.6 is 0 Å². The van der Waals surface area contributed by atoms with Crippen molar-refractivity contribution in [1.82, 2.24) is 9.21 Å². The molecule has 0 spiro atoms. The van der Waals surface area contributed by atoms with E-state index in [0.717, 1.165) is 30.4 Å². The van der Waals surface area contributed by atoms with Gasteiger partial charge in [0.15, 0.2) is 0 Å². The van der Waals surface area contributed by atoms with Crippen LogP contribution in [0.3, 0.4) is 0 Å². The first-order chi connectivity index (χ1) is 22.2. The first-order valence-electron chi connectivity index (χ1n) is 16.0. The van der Waals surface area contributed by atoms with E-state index in [2.05, 4.69) is 24.3 Å². The summed E-state index contributed by atoms with van der Waals surface area (Å²) >= 11 is 0. The molecule has 2 fully saturated rings. The van der Waals surface area contributed by atoms with Gasteiger partial charge in [-0.3, -0.25) is 4.90 Å². The predicted molar refractivity (Wildman–Crippen MR) is 177 cm³/mol. The van der Waals surface area contributed by atoms with Crippen LogP contribution in [0.25, 0.3) is 0 Å². The van der Waals surface area contributed by atoms with Crippen molar-refractivity contribution >= 4 is 16.1 Å². The number of hydrogen-bond donors (Lipinski definition) is 0. The Balaban J connectivity index is 1.37. The molecule has 0 bridgehead atoms. The maximum Gasteiger partial charge on any atom is 0.410 e. The molecule has 1 saturated carbocycles. The summed E-state index contributed by atoms with van der Waals surface area (Å²) in [5, 5.41) is 0. The SMILES string of the molecule is COc1ccc(CN([C@H]2C[C@@H](C)N(C(=O)OCc3ccccc3)[C@H]2COC2CCC(c3ccccc3)CC2OC)S(C)(=O)=O)cc1. The van der Waals surface area contributed by atoms with Crippen molar-refractivity contribution in [3.63, 3.8) is 0 Å². The number of carbonyl (C=O) groups excluding carboxylic acids is 1. The molecule has 6 atom stereocenters. The maximum absolute atomic E-state index is 13.7. The minimum absolute atomic E-state index is 0.123. The Morgan fingerprint density at radius 1 is 0.870 bits per heavy atom. The fourth-order valence-electron chi connectivity index (χ4n) is 6.92. The maximum atomic E-state index is 13.7. The summed E-state index contributed by atoms with van der Waals surface area (Å²) in [7, 11) is -0.372. The first-order valence-corrected chi connectivity index (χ1v) is 17.8. The van der Waals surface area contributed by atoms with Crippen molar-refractivity contribution in [3.05, 3.63) is 102 Å². The Hall–Kier alpha value is -3.44. The Labute approximate surface area is 273 Å². The topological polar surface area (TPSA) is 94.6 Å². The van der Waals surface area contributed by atoms with Crippen molar-refractivity contribution in [2.24, 2.45) is 0 Å². The molecule has 46 heavy (non-hydrogen) atoms. The highest BCUT2D eigenvalue weighted by molar-refractivity contribution is 7.88. The molecule has 1 saturated heterocycles. The highest BCUT2D eigenvalue weighted by atomic mass is 32.2. The van der Waals surface area contributed by atoms with Gasteiger partial charge in [0, 0.05) is 25.7 Å². The zero-order chi connectivity index (χ0) is 32.7. The zero-order valence-corrected chi connectivity index (χ0v) is 28.0. The normalized spacial score (nSPS) is 25.0. The summed E-state index contributed by atoms with van der Waals surface area (Å²) in [6.07, 6.45) is 3.46.